The van der Waals surface area contributed by atoms with Crippen molar-refractivity contribution in [3.63, 3.8) is 0 Å². The number of phenols is 1. The molecular weight excluding hydrogens is 288 g/mol. The molecule has 0 aliphatic carbocycles. The summed E-state index contributed by atoms with van der Waals surface area (Å²) in [5, 5.41) is 11.2. The lowest BCUT2D eigenvalue weighted by molar-refractivity contribution is 0.480. The number of hydrogen-bond donors (Lipinski definition) is 2. The normalized spacial score (nSPS) is 10.3. The van der Waals surface area contributed by atoms with Crippen molar-refractivity contribution in [3.8, 4) is 5.75 Å². The highest BCUT2D eigenvalue weighted by molar-refractivity contribution is 5.86. The Morgan fingerprint density at radius 2 is 1.74 bits per heavy atom. The number of fused-ring (bicyclic) bond motifs is 2. The first-order chi connectivity index (χ1) is 11.2. The number of aromatic hydroxyl groups is 1. The first kappa shape index (κ1) is 14.8. The maximum Gasteiger partial charge on any atom is 0.189 e. The number of rotatable bonds is 0. The number of phenolic OH excluding ortho intramolecular Hbond substituents is 1. The largest absolute Gasteiger partial charge is 0.506 e. The average Bonchev–Trinajstić information content (AvgIpc) is 2.60. The summed E-state index contributed by atoms with van der Waals surface area (Å²) in [6.07, 6.45) is 3.34. The van der Waals surface area contributed by atoms with Crippen LogP contribution in [0.2, 0.25) is 0 Å². The van der Waals surface area contributed by atoms with Gasteiger partial charge in [0.1, 0.15) is 11.3 Å². The van der Waals surface area contributed by atoms with Crippen LogP contribution < -0.4 is 5.43 Å². The number of para-hydroxylation sites is 1. The average molecular weight is 304 g/mol. The molecule has 0 saturated heterocycles. The molecule has 0 aliphatic rings. The summed E-state index contributed by atoms with van der Waals surface area (Å²) in [7, 11) is 0. The lowest BCUT2D eigenvalue weighted by atomic mass is 10.1. The number of nitrogens with one attached hydrogen (secondary N) is 1. The molecule has 0 saturated carbocycles. The molecule has 0 atom stereocenters. The fraction of sp³-hybridized carbons (Fsp3) is 0.0526. The molecule has 4 aromatic rings. The molecule has 0 radical (unpaired) electrons. The predicted molar refractivity (Wildman–Crippen MR) is 92.7 cm³/mol. The highest BCUT2D eigenvalue weighted by Gasteiger charge is 2.01. The number of nitrogens with zero attached hydrogens (tertiary/aromatic N) is 1. The molecule has 2 aromatic carbocycles. The number of aromatic amines is 1. The van der Waals surface area contributed by atoms with Crippen molar-refractivity contribution in [2.45, 2.75) is 6.92 Å². The summed E-state index contributed by atoms with van der Waals surface area (Å²) < 4.78 is 0. The van der Waals surface area contributed by atoms with Crippen LogP contribution in [0.25, 0.3) is 21.8 Å². The third-order valence-electron chi connectivity index (χ3n) is 3.63. The number of benzene rings is 2. The van der Waals surface area contributed by atoms with E-state index in [1.807, 2.05) is 49.4 Å². The minimum atomic E-state index is 0.0688. The van der Waals surface area contributed by atoms with Crippen LogP contribution in [0.3, 0.4) is 0 Å². The van der Waals surface area contributed by atoms with Gasteiger partial charge in [0.15, 0.2) is 5.43 Å². The van der Waals surface area contributed by atoms with Gasteiger partial charge in [-0.25, -0.2) is 0 Å². The van der Waals surface area contributed by atoms with Gasteiger partial charge in [-0.05, 0) is 36.8 Å². The molecule has 0 aliphatic heterocycles. The quantitative estimate of drug-likeness (QED) is 0.519. The van der Waals surface area contributed by atoms with E-state index in [9.17, 15) is 9.90 Å². The number of aryl methyl sites for hydroxylation is 1. The molecule has 23 heavy (non-hydrogen) atoms. The topological polar surface area (TPSA) is 66.0 Å². The molecule has 0 unspecified atom stereocenters. The second-order valence-electron chi connectivity index (χ2n) is 5.19. The molecule has 114 valence electrons. The Kier molecular flexibility index (Phi) is 4.06. The van der Waals surface area contributed by atoms with Gasteiger partial charge >= 0.3 is 0 Å². The van der Waals surface area contributed by atoms with Crippen LogP contribution >= 0.6 is 0 Å². The third-order valence-corrected chi connectivity index (χ3v) is 3.63. The van der Waals surface area contributed by atoms with E-state index >= 15 is 0 Å². The second-order valence-corrected chi connectivity index (χ2v) is 5.19. The number of hydrogen-bond acceptors (Lipinski definition) is 3. The van der Waals surface area contributed by atoms with Gasteiger partial charge in [-0.1, -0.05) is 24.3 Å². The van der Waals surface area contributed by atoms with Crippen molar-refractivity contribution >= 4 is 21.8 Å². The van der Waals surface area contributed by atoms with Crippen LogP contribution in [-0.2, 0) is 0 Å². The fourth-order valence-corrected chi connectivity index (χ4v) is 2.42. The van der Waals surface area contributed by atoms with Gasteiger partial charge in [-0.3, -0.25) is 9.78 Å². The van der Waals surface area contributed by atoms with E-state index in [1.165, 1.54) is 6.07 Å². The van der Waals surface area contributed by atoms with Crippen molar-refractivity contribution in [2.24, 2.45) is 0 Å². The van der Waals surface area contributed by atoms with Crippen LogP contribution in [0.1, 0.15) is 5.56 Å². The summed E-state index contributed by atoms with van der Waals surface area (Å²) in [4.78, 5) is 18.2. The molecule has 4 heteroatoms. The molecule has 2 N–H and O–H groups in total. The maximum atomic E-state index is 11.2. The predicted octanol–water partition coefficient (Wildman–Crippen LogP) is 3.78. The van der Waals surface area contributed by atoms with Gasteiger partial charge in [-0.15, -0.1) is 0 Å². The zero-order chi connectivity index (χ0) is 16.2. The lowest BCUT2D eigenvalue weighted by Gasteiger charge is -2.01. The molecule has 4 rings (SSSR count). The van der Waals surface area contributed by atoms with Gasteiger partial charge in [0, 0.05) is 34.7 Å². The van der Waals surface area contributed by atoms with E-state index in [0.717, 1.165) is 21.9 Å². The van der Waals surface area contributed by atoms with Crippen LogP contribution in [-0.4, -0.2) is 15.1 Å². The van der Waals surface area contributed by atoms with Crippen LogP contribution in [0.4, 0.5) is 0 Å². The van der Waals surface area contributed by atoms with Gasteiger partial charge in [0.25, 0.3) is 0 Å². The van der Waals surface area contributed by atoms with Crippen molar-refractivity contribution in [1.82, 2.24) is 9.97 Å². The van der Waals surface area contributed by atoms with Crippen molar-refractivity contribution < 1.29 is 5.11 Å². The maximum absolute atomic E-state index is 11.2. The van der Waals surface area contributed by atoms with Gasteiger partial charge in [0.2, 0.25) is 0 Å². The van der Waals surface area contributed by atoms with Gasteiger partial charge in [0.05, 0.1) is 0 Å². The summed E-state index contributed by atoms with van der Waals surface area (Å²) >= 11 is 0. The minimum Gasteiger partial charge on any atom is -0.506 e. The molecule has 0 spiro atoms. The van der Waals surface area contributed by atoms with Crippen LogP contribution in [0, 0.1) is 6.92 Å². The zero-order valence-electron chi connectivity index (χ0n) is 12.7. The molecular formula is C19H16N2O2. The van der Waals surface area contributed by atoms with E-state index in [1.54, 1.807) is 18.5 Å². The third kappa shape index (κ3) is 3.06. The summed E-state index contributed by atoms with van der Waals surface area (Å²) in [6.45, 7) is 2.00. The van der Waals surface area contributed by atoms with Crippen molar-refractivity contribution in [1.29, 1.82) is 0 Å². The Balaban J connectivity index is 0.000000136. The van der Waals surface area contributed by atoms with E-state index in [-0.39, 0.29) is 11.2 Å². The van der Waals surface area contributed by atoms with Crippen molar-refractivity contribution in [2.75, 3.05) is 0 Å². The van der Waals surface area contributed by atoms with E-state index in [4.69, 9.17) is 0 Å². The molecule has 2 aromatic heterocycles. The van der Waals surface area contributed by atoms with E-state index in [0.29, 0.717) is 5.52 Å². The smallest absolute Gasteiger partial charge is 0.189 e. The van der Waals surface area contributed by atoms with E-state index in [2.05, 4.69) is 9.97 Å². The van der Waals surface area contributed by atoms with Crippen LogP contribution in [0.15, 0.2) is 71.8 Å². The first-order valence-corrected chi connectivity index (χ1v) is 7.26. The SMILES string of the molecule is Cc1ccc(O)c2ncccc12.O=c1cc[nH]c2ccccc12. The highest BCUT2D eigenvalue weighted by Crippen LogP contribution is 2.24. The Labute approximate surface area is 133 Å². The monoisotopic (exact) mass is 304 g/mol. The lowest BCUT2D eigenvalue weighted by Crippen LogP contribution is -1.98. The van der Waals surface area contributed by atoms with Gasteiger partial charge in [-0.2, -0.15) is 0 Å². The molecule has 2 heterocycles. The minimum absolute atomic E-state index is 0.0688. The number of H-pyrrole nitrogens is 1. The summed E-state index contributed by atoms with van der Waals surface area (Å²) in [6, 6.07) is 16.4. The van der Waals surface area contributed by atoms with Crippen LogP contribution in [0.5, 0.6) is 5.75 Å². The standard InChI is InChI=1S/C10H9NO.C9H7NO/c1-7-4-5-9(12)10-8(7)3-2-6-11-10;11-9-5-6-10-8-4-2-1-3-7(8)9/h2-6,12H,1H3;1-6H,(H,10,11). The van der Waals surface area contributed by atoms with Crippen molar-refractivity contribution in [3.05, 3.63) is 82.8 Å². The zero-order valence-corrected chi connectivity index (χ0v) is 12.7. The molecule has 0 amide bonds. The molecule has 4 nitrogen and oxygen atoms in total. The Hall–Kier alpha value is -3.14. The number of pyridine rings is 2. The number of aromatic nitrogens is 2. The molecule has 0 fully saturated rings. The summed E-state index contributed by atoms with van der Waals surface area (Å²) in [5.74, 6) is 0.246. The fourth-order valence-electron chi connectivity index (χ4n) is 2.42. The second kappa shape index (κ2) is 6.32. The van der Waals surface area contributed by atoms with E-state index < -0.39 is 0 Å². The summed E-state index contributed by atoms with van der Waals surface area (Å²) in [5.41, 5.74) is 2.77. The Morgan fingerprint density at radius 3 is 2.52 bits per heavy atom. The Morgan fingerprint density at radius 1 is 0.957 bits per heavy atom. The van der Waals surface area contributed by atoms with Gasteiger partial charge < -0.3 is 10.1 Å². The Bertz CT molecular complexity index is 976. The molecule has 0 bridgehead atoms. The first-order valence-electron chi connectivity index (χ1n) is 7.26. The highest BCUT2D eigenvalue weighted by atomic mass is 16.3.